The maximum absolute atomic E-state index is 8.83. The topological polar surface area (TPSA) is 26.3 Å². The fraction of sp³-hybridized carbons (Fsp3) is 0.500. The number of carbonyl (C=O) groups excluding carboxylic acids is 1. The molecule has 0 saturated heterocycles. The molecule has 0 saturated carbocycles. The summed E-state index contributed by atoms with van der Waals surface area (Å²) in [5, 5.41) is 0. The van der Waals surface area contributed by atoms with Crippen LogP contribution in [-0.4, -0.2) is 13.6 Å². The molecule has 31 valence electrons. The van der Waals surface area contributed by atoms with E-state index in [-0.39, 0.29) is 19.5 Å². The van der Waals surface area contributed by atoms with Crippen LogP contribution in [0.1, 0.15) is 0 Å². The van der Waals surface area contributed by atoms with Crippen LogP contribution in [0.3, 0.4) is 0 Å². The van der Waals surface area contributed by atoms with Gasteiger partial charge in [0.05, 0.1) is 7.11 Å². The Morgan fingerprint density at radius 2 is 2.00 bits per heavy atom. The Labute approximate surface area is 43.3 Å². The fourth-order valence-electron chi connectivity index (χ4n) is 0. The molecule has 0 aliphatic carbocycles. The predicted octanol–water partition coefficient (Wildman–Crippen LogP) is -0.302. The Bertz CT molecular complexity index is 21.6. The first-order valence-electron chi connectivity index (χ1n) is 0.816. The van der Waals surface area contributed by atoms with Gasteiger partial charge in [-0.25, -0.2) is 4.79 Å². The summed E-state index contributed by atoms with van der Waals surface area (Å²) >= 11 is 0. The summed E-state index contributed by atoms with van der Waals surface area (Å²) in [6, 6.07) is 0. The quantitative estimate of drug-likeness (QED) is 0.492. The molecule has 0 bridgehead atoms. The van der Waals surface area contributed by atoms with Gasteiger partial charge >= 0.3 is 6.47 Å². The Hall–Kier alpha value is 0.0934. The largest absolute Gasteiger partial charge is 0.461 e. The maximum atomic E-state index is 8.83. The third-order valence-corrected chi connectivity index (χ3v) is 0.0833. The molecule has 0 fully saturated rings. The molecule has 1 radical (unpaired) electrons. The molecule has 5 heavy (non-hydrogen) atoms. The summed E-state index contributed by atoms with van der Waals surface area (Å²) in [6.45, 7) is 1.18. The van der Waals surface area contributed by atoms with Crippen LogP contribution in [0.5, 0.6) is 0 Å². The minimum atomic E-state index is 0. The van der Waals surface area contributed by atoms with Gasteiger partial charge < -0.3 is 4.74 Å². The average Bonchev–Trinajstić information content (AvgIpc) is 1.37. The van der Waals surface area contributed by atoms with Gasteiger partial charge in [-0.2, -0.15) is 0 Å². The summed E-state index contributed by atoms with van der Waals surface area (Å²) in [5.41, 5.74) is 0. The molecule has 0 N–H and O–H groups in total. The molecule has 0 unspecified atom stereocenters. The van der Waals surface area contributed by atoms with Crippen LogP contribution < -0.4 is 0 Å². The summed E-state index contributed by atoms with van der Waals surface area (Å²) < 4.78 is 3.74. The molecule has 3 heteroatoms. The second kappa shape index (κ2) is 8.94. The van der Waals surface area contributed by atoms with Gasteiger partial charge in [0.25, 0.3) is 0 Å². The smallest absolute Gasteiger partial charge is 0.417 e. The first-order valence-corrected chi connectivity index (χ1v) is 0.816. The minimum Gasteiger partial charge on any atom is -0.461 e. The van der Waals surface area contributed by atoms with Gasteiger partial charge in [0.1, 0.15) is 0 Å². The SMILES string of the molecule is CO[C]=O.[Ru]. The van der Waals surface area contributed by atoms with E-state index in [1.54, 1.807) is 0 Å². The molecule has 0 amide bonds. The van der Waals surface area contributed by atoms with Crippen molar-refractivity contribution in [1.29, 1.82) is 0 Å². The standard InChI is InChI=1S/C2H3O2.Ru/c1-4-2-3;/h1H3;. The van der Waals surface area contributed by atoms with E-state index >= 15 is 0 Å². The van der Waals surface area contributed by atoms with Crippen molar-refractivity contribution in [3.8, 4) is 0 Å². The molecule has 0 aromatic rings. The Morgan fingerprint density at radius 1 is 1.80 bits per heavy atom. The van der Waals surface area contributed by atoms with Gasteiger partial charge in [0.15, 0.2) is 0 Å². The van der Waals surface area contributed by atoms with Crippen molar-refractivity contribution in [2.75, 3.05) is 7.11 Å². The number of rotatable bonds is 1. The molecular formula is C2H3O2Ru. The van der Waals surface area contributed by atoms with Crippen LogP contribution in [0.2, 0.25) is 0 Å². The van der Waals surface area contributed by atoms with Gasteiger partial charge in [0, 0.05) is 19.5 Å². The third kappa shape index (κ3) is 15.0. The van der Waals surface area contributed by atoms with Crippen molar-refractivity contribution < 1.29 is 29.0 Å². The summed E-state index contributed by atoms with van der Waals surface area (Å²) in [6.07, 6.45) is 0. The molecule has 0 heterocycles. The molecule has 2 nitrogen and oxygen atoms in total. The van der Waals surface area contributed by atoms with Crippen molar-refractivity contribution >= 4 is 6.47 Å². The molecule has 0 aliphatic rings. The molecule has 0 aromatic heterocycles. The van der Waals surface area contributed by atoms with Crippen molar-refractivity contribution in [1.82, 2.24) is 0 Å². The Morgan fingerprint density at radius 3 is 2.00 bits per heavy atom. The third-order valence-electron chi connectivity index (χ3n) is 0.0833. The van der Waals surface area contributed by atoms with Crippen LogP contribution >= 0.6 is 0 Å². The predicted molar refractivity (Wildman–Crippen MR) is 12.7 cm³/mol. The first kappa shape index (κ1) is 8.92. The zero-order valence-corrected chi connectivity index (χ0v) is 4.41. The summed E-state index contributed by atoms with van der Waals surface area (Å²) in [5.74, 6) is 0. The zero-order valence-electron chi connectivity index (χ0n) is 2.67. The van der Waals surface area contributed by atoms with E-state index in [0.29, 0.717) is 0 Å². The van der Waals surface area contributed by atoms with Gasteiger partial charge in [-0.15, -0.1) is 0 Å². The molecule has 0 rings (SSSR count). The average molecular weight is 160 g/mol. The van der Waals surface area contributed by atoms with Crippen LogP contribution in [0, 0.1) is 0 Å². The van der Waals surface area contributed by atoms with Crippen LogP contribution in [0.15, 0.2) is 0 Å². The normalized spacial score (nSPS) is 4.20. The van der Waals surface area contributed by atoms with Crippen molar-refractivity contribution in [3.63, 3.8) is 0 Å². The summed E-state index contributed by atoms with van der Waals surface area (Å²) in [4.78, 5) is 8.83. The van der Waals surface area contributed by atoms with E-state index in [4.69, 9.17) is 4.79 Å². The number of hydrogen-bond donors (Lipinski definition) is 0. The van der Waals surface area contributed by atoms with E-state index in [0.717, 1.165) is 0 Å². The van der Waals surface area contributed by atoms with Gasteiger partial charge in [-0.1, -0.05) is 0 Å². The summed E-state index contributed by atoms with van der Waals surface area (Å²) in [7, 11) is 1.26. The molecule has 0 aromatic carbocycles. The zero-order chi connectivity index (χ0) is 3.41. The monoisotopic (exact) mass is 161 g/mol. The Balaban J connectivity index is 0. The van der Waals surface area contributed by atoms with Crippen LogP contribution in [0.4, 0.5) is 0 Å². The minimum absolute atomic E-state index is 0. The molecule has 0 aliphatic heterocycles. The van der Waals surface area contributed by atoms with Crippen molar-refractivity contribution in [2.24, 2.45) is 0 Å². The molecule has 0 atom stereocenters. The van der Waals surface area contributed by atoms with Crippen LogP contribution in [-0.2, 0) is 29.0 Å². The van der Waals surface area contributed by atoms with E-state index in [1.165, 1.54) is 13.6 Å². The molecular weight excluding hydrogens is 157 g/mol. The van der Waals surface area contributed by atoms with Crippen LogP contribution in [0.25, 0.3) is 0 Å². The molecule has 0 spiro atoms. The van der Waals surface area contributed by atoms with Gasteiger partial charge in [-0.05, 0) is 0 Å². The fourth-order valence-corrected chi connectivity index (χ4v) is 0. The van der Waals surface area contributed by atoms with E-state index in [2.05, 4.69) is 4.74 Å². The van der Waals surface area contributed by atoms with E-state index in [9.17, 15) is 0 Å². The Kier molecular flexibility index (Phi) is 15.9. The maximum Gasteiger partial charge on any atom is 0.417 e. The van der Waals surface area contributed by atoms with E-state index in [1.807, 2.05) is 0 Å². The van der Waals surface area contributed by atoms with E-state index < -0.39 is 0 Å². The van der Waals surface area contributed by atoms with Crippen molar-refractivity contribution in [2.45, 2.75) is 0 Å². The first-order chi connectivity index (χ1) is 1.91. The second-order valence-electron chi connectivity index (χ2n) is 0.287. The number of ether oxygens (including phenoxy) is 1. The van der Waals surface area contributed by atoms with Gasteiger partial charge in [-0.3, -0.25) is 0 Å². The number of hydrogen-bond acceptors (Lipinski definition) is 2. The number of methoxy groups -OCH3 is 1. The van der Waals surface area contributed by atoms with Gasteiger partial charge in [0.2, 0.25) is 0 Å². The van der Waals surface area contributed by atoms with Crippen molar-refractivity contribution in [3.05, 3.63) is 0 Å². The second-order valence-corrected chi connectivity index (χ2v) is 0.287.